The van der Waals surface area contributed by atoms with E-state index in [0.717, 1.165) is 29.9 Å². The zero-order chi connectivity index (χ0) is 10.7. The number of furan rings is 1. The van der Waals surface area contributed by atoms with Gasteiger partial charge in [0.05, 0.1) is 18.2 Å². The van der Waals surface area contributed by atoms with Gasteiger partial charge < -0.3 is 9.40 Å². The Morgan fingerprint density at radius 2 is 2.40 bits per heavy atom. The van der Waals surface area contributed by atoms with Crippen LogP contribution in [0.25, 0.3) is 11.3 Å². The van der Waals surface area contributed by atoms with E-state index in [2.05, 4.69) is 16.9 Å². The highest BCUT2D eigenvalue weighted by Gasteiger charge is 2.02. The molecule has 0 aliphatic carbocycles. The Hall–Kier alpha value is -1.42. The molecular formula is C11H12N2OS. The highest BCUT2D eigenvalue weighted by molar-refractivity contribution is 7.71. The van der Waals surface area contributed by atoms with Crippen molar-refractivity contribution in [3.05, 3.63) is 35.1 Å². The predicted octanol–water partition coefficient (Wildman–Crippen LogP) is 3.35. The average molecular weight is 220 g/mol. The third kappa shape index (κ3) is 2.33. The number of hydrogen-bond acceptors (Lipinski definition) is 3. The van der Waals surface area contributed by atoms with E-state index in [1.807, 2.05) is 12.1 Å². The van der Waals surface area contributed by atoms with Crippen LogP contribution in [0.5, 0.6) is 0 Å². The van der Waals surface area contributed by atoms with E-state index in [-0.39, 0.29) is 0 Å². The lowest BCUT2D eigenvalue weighted by molar-refractivity contribution is 0.568. The molecule has 0 unspecified atom stereocenters. The first-order valence-corrected chi connectivity index (χ1v) is 5.33. The highest BCUT2D eigenvalue weighted by Crippen LogP contribution is 2.17. The summed E-state index contributed by atoms with van der Waals surface area (Å²) < 4.78 is 5.65. The fourth-order valence-electron chi connectivity index (χ4n) is 1.44. The molecule has 0 saturated heterocycles. The number of aromatic amines is 1. The molecular weight excluding hydrogens is 208 g/mol. The molecule has 0 amide bonds. The Kier molecular flexibility index (Phi) is 2.97. The first kappa shape index (κ1) is 10.1. The Morgan fingerprint density at radius 3 is 3.07 bits per heavy atom. The SMILES string of the molecule is CCCc1nc(=S)cc(-c2ccoc2)[nH]1. The van der Waals surface area contributed by atoms with Crippen LogP contribution in [0, 0.1) is 4.64 Å². The van der Waals surface area contributed by atoms with Crippen molar-refractivity contribution in [2.75, 3.05) is 0 Å². The summed E-state index contributed by atoms with van der Waals surface area (Å²) in [5, 5.41) is 0. The van der Waals surface area contributed by atoms with Crippen molar-refractivity contribution in [1.82, 2.24) is 9.97 Å². The molecule has 0 saturated carbocycles. The standard InChI is InChI=1S/C11H12N2OS/c1-2-3-10-12-9(6-11(15)13-10)8-4-5-14-7-8/h4-7H,2-3H2,1H3,(H,12,13,15). The molecule has 1 N–H and O–H groups in total. The van der Waals surface area contributed by atoms with Gasteiger partial charge in [0.25, 0.3) is 0 Å². The van der Waals surface area contributed by atoms with Crippen LogP contribution in [0.1, 0.15) is 19.2 Å². The summed E-state index contributed by atoms with van der Waals surface area (Å²) in [6.45, 7) is 2.11. The number of hydrogen-bond donors (Lipinski definition) is 1. The van der Waals surface area contributed by atoms with Crippen molar-refractivity contribution in [2.45, 2.75) is 19.8 Å². The zero-order valence-corrected chi connectivity index (χ0v) is 9.30. The molecule has 2 rings (SSSR count). The molecule has 0 bridgehead atoms. The Morgan fingerprint density at radius 1 is 1.53 bits per heavy atom. The van der Waals surface area contributed by atoms with Crippen molar-refractivity contribution in [1.29, 1.82) is 0 Å². The van der Waals surface area contributed by atoms with Gasteiger partial charge in [-0.05, 0) is 18.6 Å². The van der Waals surface area contributed by atoms with Gasteiger partial charge >= 0.3 is 0 Å². The maximum atomic E-state index is 5.11. The summed E-state index contributed by atoms with van der Waals surface area (Å²) in [6.07, 6.45) is 5.30. The lowest BCUT2D eigenvalue weighted by Crippen LogP contribution is -1.96. The molecule has 0 aliphatic heterocycles. The number of aryl methyl sites for hydroxylation is 1. The normalized spacial score (nSPS) is 10.5. The van der Waals surface area contributed by atoms with E-state index in [1.54, 1.807) is 12.5 Å². The molecule has 4 heteroatoms. The summed E-state index contributed by atoms with van der Waals surface area (Å²) in [4.78, 5) is 7.51. The fraction of sp³-hybridized carbons (Fsp3) is 0.273. The summed E-state index contributed by atoms with van der Waals surface area (Å²) in [6, 6.07) is 3.75. The number of nitrogens with one attached hydrogen (secondary N) is 1. The minimum Gasteiger partial charge on any atom is -0.472 e. The van der Waals surface area contributed by atoms with Gasteiger partial charge in [0, 0.05) is 12.0 Å². The predicted molar refractivity (Wildman–Crippen MR) is 61.1 cm³/mol. The molecule has 0 atom stereocenters. The first-order chi connectivity index (χ1) is 7.29. The van der Waals surface area contributed by atoms with Crippen molar-refractivity contribution in [3.8, 4) is 11.3 Å². The molecule has 2 aromatic rings. The number of nitrogens with zero attached hydrogens (tertiary/aromatic N) is 1. The molecule has 15 heavy (non-hydrogen) atoms. The Balaban J connectivity index is 2.44. The smallest absolute Gasteiger partial charge is 0.130 e. The van der Waals surface area contributed by atoms with Crippen molar-refractivity contribution in [3.63, 3.8) is 0 Å². The van der Waals surface area contributed by atoms with Crippen LogP contribution < -0.4 is 0 Å². The largest absolute Gasteiger partial charge is 0.472 e. The van der Waals surface area contributed by atoms with Gasteiger partial charge in [0.2, 0.25) is 0 Å². The molecule has 0 fully saturated rings. The van der Waals surface area contributed by atoms with E-state index in [1.165, 1.54) is 0 Å². The zero-order valence-electron chi connectivity index (χ0n) is 8.49. The second-order valence-electron chi connectivity index (χ2n) is 3.34. The second-order valence-corrected chi connectivity index (χ2v) is 3.76. The average Bonchev–Trinajstić information content (AvgIpc) is 2.70. The van der Waals surface area contributed by atoms with Gasteiger partial charge in [0.15, 0.2) is 0 Å². The van der Waals surface area contributed by atoms with Crippen LogP contribution in [-0.4, -0.2) is 9.97 Å². The van der Waals surface area contributed by atoms with Gasteiger partial charge in [0.1, 0.15) is 10.5 Å². The highest BCUT2D eigenvalue weighted by atomic mass is 32.1. The molecule has 0 aliphatic rings. The number of H-pyrrole nitrogens is 1. The summed E-state index contributed by atoms with van der Waals surface area (Å²) in [5.74, 6) is 0.932. The van der Waals surface area contributed by atoms with Crippen LogP contribution in [-0.2, 0) is 6.42 Å². The summed E-state index contributed by atoms with van der Waals surface area (Å²) >= 11 is 5.11. The third-order valence-electron chi connectivity index (χ3n) is 2.11. The molecule has 78 valence electrons. The number of rotatable bonds is 3. The number of aromatic nitrogens is 2. The van der Waals surface area contributed by atoms with Crippen LogP contribution in [0.3, 0.4) is 0 Å². The monoisotopic (exact) mass is 220 g/mol. The minimum atomic E-state index is 0.619. The van der Waals surface area contributed by atoms with Crippen LogP contribution in [0.15, 0.2) is 29.1 Å². The summed E-state index contributed by atoms with van der Waals surface area (Å²) in [7, 11) is 0. The van der Waals surface area contributed by atoms with Gasteiger partial charge in [-0.15, -0.1) is 0 Å². The van der Waals surface area contributed by atoms with Crippen LogP contribution >= 0.6 is 12.2 Å². The molecule has 0 radical (unpaired) electrons. The van der Waals surface area contributed by atoms with Crippen LogP contribution in [0.4, 0.5) is 0 Å². The fourth-order valence-corrected chi connectivity index (χ4v) is 1.66. The molecule has 0 spiro atoms. The van der Waals surface area contributed by atoms with E-state index in [4.69, 9.17) is 16.6 Å². The summed E-state index contributed by atoms with van der Waals surface area (Å²) in [5.41, 5.74) is 1.97. The van der Waals surface area contributed by atoms with Gasteiger partial charge in [-0.3, -0.25) is 0 Å². The maximum Gasteiger partial charge on any atom is 0.130 e. The van der Waals surface area contributed by atoms with Gasteiger partial charge in [-0.2, -0.15) is 0 Å². The maximum absolute atomic E-state index is 5.11. The molecule has 3 nitrogen and oxygen atoms in total. The lowest BCUT2D eigenvalue weighted by atomic mass is 10.2. The van der Waals surface area contributed by atoms with E-state index in [0.29, 0.717) is 4.64 Å². The Bertz CT molecular complexity index is 488. The van der Waals surface area contributed by atoms with Crippen molar-refractivity contribution >= 4 is 12.2 Å². The first-order valence-electron chi connectivity index (χ1n) is 4.92. The van der Waals surface area contributed by atoms with Crippen molar-refractivity contribution < 1.29 is 4.42 Å². The quantitative estimate of drug-likeness (QED) is 0.806. The molecule has 0 aromatic carbocycles. The van der Waals surface area contributed by atoms with E-state index in [9.17, 15) is 0 Å². The van der Waals surface area contributed by atoms with E-state index >= 15 is 0 Å². The minimum absolute atomic E-state index is 0.619. The lowest BCUT2D eigenvalue weighted by Gasteiger charge is -2.02. The topological polar surface area (TPSA) is 41.8 Å². The van der Waals surface area contributed by atoms with Crippen LogP contribution in [0.2, 0.25) is 0 Å². The van der Waals surface area contributed by atoms with Gasteiger partial charge in [-0.1, -0.05) is 19.1 Å². The molecule has 2 aromatic heterocycles. The van der Waals surface area contributed by atoms with Gasteiger partial charge in [-0.25, -0.2) is 4.98 Å². The third-order valence-corrected chi connectivity index (χ3v) is 2.32. The Labute approximate surface area is 93.2 Å². The van der Waals surface area contributed by atoms with E-state index < -0.39 is 0 Å². The molecule has 2 heterocycles. The van der Waals surface area contributed by atoms with Crippen molar-refractivity contribution in [2.24, 2.45) is 0 Å². The second kappa shape index (κ2) is 4.40.